The quantitative estimate of drug-likeness (QED) is 0.773. The maximum absolute atomic E-state index is 12.7. The second-order valence-corrected chi connectivity index (χ2v) is 9.12. The van der Waals surface area contributed by atoms with Crippen molar-refractivity contribution >= 4 is 21.6 Å². The van der Waals surface area contributed by atoms with Crippen molar-refractivity contribution in [1.29, 1.82) is 0 Å². The summed E-state index contributed by atoms with van der Waals surface area (Å²) in [6, 6.07) is 15.1. The average Bonchev–Trinajstić information content (AvgIpc) is 2.97. The molecular weight excluding hydrogens is 374 g/mol. The zero-order valence-electron chi connectivity index (χ0n) is 16.6. The molecule has 1 heterocycles. The smallest absolute Gasteiger partial charge is 0.240 e. The Kier molecular flexibility index (Phi) is 6.17. The number of nitrogens with zero attached hydrogens (tertiary/aromatic N) is 2. The molecular formula is C21H27N3O3S. The van der Waals surface area contributed by atoms with Crippen LogP contribution in [0.2, 0.25) is 0 Å². The Labute approximate surface area is 167 Å². The van der Waals surface area contributed by atoms with E-state index in [9.17, 15) is 13.2 Å². The molecule has 6 nitrogen and oxygen atoms in total. The van der Waals surface area contributed by atoms with Crippen molar-refractivity contribution < 1.29 is 13.2 Å². The standard InChI is InChI=1S/C21H27N3O3S/c1-16-13-19-14-20(9-10-21(19)24(16)17(2)25)28(26,27)22-11-12-23(3)15-18-7-5-4-6-8-18/h4-10,14,16,22H,11-13,15H2,1-3H3/t16-/m1/s1. The number of carbonyl (C=O) groups is 1. The van der Waals surface area contributed by atoms with E-state index in [0.717, 1.165) is 17.8 Å². The summed E-state index contributed by atoms with van der Waals surface area (Å²) in [5.74, 6) is -0.0264. The number of hydrogen-bond donors (Lipinski definition) is 1. The highest BCUT2D eigenvalue weighted by atomic mass is 32.2. The highest BCUT2D eigenvalue weighted by Gasteiger charge is 2.30. The van der Waals surface area contributed by atoms with Crippen LogP contribution in [0.3, 0.4) is 0 Å². The van der Waals surface area contributed by atoms with Gasteiger partial charge in [0.15, 0.2) is 0 Å². The van der Waals surface area contributed by atoms with E-state index < -0.39 is 10.0 Å². The van der Waals surface area contributed by atoms with Gasteiger partial charge in [-0.1, -0.05) is 30.3 Å². The SMILES string of the molecule is CC(=O)N1c2ccc(S(=O)(=O)NCCN(C)Cc3ccccc3)cc2C[C@H]1C. The van der Waals surface area contributed by atoms with Crippen molar-refractivity contribution in [3.05, 3.63) is 59.7 Å². The van der Waals surface area contributed by atoms with E-state index in [1.54, 1.807) is 23.1 Å². The Balaban J connectivity index is 1.61. The maximum atomic E-state index is 12.7. The van der Waals surface area contributed by atoms with Crippen LogP contribution in [-0.2, 0) is 27.8 Å². The van der Waals surface area contributed by atoms with Gasteiger partial charge in [-0.05, 0) is 49.7 Å². The summed E-state index contributed by atoms with van der Waals surface area (Å²) in [6.45, 7) is 5.20. The van der Waals surface area contributed by atoms with Crippen molar-refractivity contribution in [2.45, 2.75) is 37.8 Å². The number of benzene rings is 2. The molecule has 2 aromatic carbocycles. The van der Waals surface area contributed by atoms with Gasteiger partial charge in [-0.3, -0.25) is 4.79 Å². The molecule has 0 unspecified atom stereocenters. The van der Waals surface area contributed by atoms with E-state index in [-0.39, 0.29) is 16.8 Å². The fourth-order valence-electron chi connectivity index (χ4n) is 3.68. The molecule has 1 aliphatic heterocycles. The number of carbonyl (C=O) groups excluding carboxylic acids is 1. The first-order chi connectivity index (χ1) is 13.3. The lowest BCUT2D eigenvalue weighted by Gasteiger charge is -2.20. The van der Waals surface area contributed by atoms with Gasteiger partial charge in [-0.15, -0.1) is 0 Å². The minimum absolute atomic E-state index is 0.0264. The third-order valence-electron chi connectivity index (χ3n) is 5.00. The van der Waals surface area contributed by atoms with E-state index in [1.807, 2.05) is 32.2 Å². The van der Waals surface area contributed by atoms with Crippen molar-refractivity contribution in [1.82, 2.24) is 9.62 Å². The van der Waals surface area contributed by atoms with Crippen LogP contribution in [0.4, 0.5) is 5.69 Å². The molecule has 2 aromatic rings. The number of anilines is 1. The first-order valence-electron chi connectivity index (χ1n) is 9.43. The predicted octanol–water partition coefficient (Wildman–Crippen LogP) is 2.39. The number of likely N-dealkylation sites (N-methyl/N-ethyl adjacent to an activating group) is 1. The van der Waals surface area contributed by atoms with Gasteiger partial charge in [0.2, 0.25) is 15.9 Å². The Morgan fingerprint density at radius 3 is 2.61 bits per heavy atom. The minimum Gasteiger partial charge on any atom is -0.309 e. The van der Waals surface area contributed by atoms with Crippen molar-refractivity contribution in [3.8, 4) is 0 Å². The third kappa shape index (κ3) is 4.60. The first-order valence-corrected chi connectivity index (χ1v) is 10.9. The fourth-order valence-corrected chi connectivity index (χ4v) is 4.75. The van der Waals surface area contributed by atoms with Crippen molar-refractivity contribution in [3.63, 3.8) is 0 Å². The fraction of sp³-hybridized carbons (Fsp3) is 0.381. The lowest BCUT2D eigenvalue weighted by atomic mass is 10.1. The second kappa shape index (κ2) is 8.43. The van der Waals surface area contributed by atoms with E-state index in [4.69, 9.17) is 0 Å². The number of fused-ring (bicyclic) bond motifs is 1. The first kappa shape index (κ1) is 20.5. The summed E-state index contributed by atoms with van der Waals surface area (Å²) >= 11 is 0. The van der Waals surface area contributed by atoms with Gasteiger partial charge in [-0.2, -0.15) is 0 Å². The van der Waals surface area contributed by atoms with E-state index in [1.165, 1.54) is 12.5 Å². The zero-order valence-corrected chi connectivity index (χ0v) is 17.4. The molecule has 0 radical (unpaired) electrons. The van der Waals surface area contributed by atoms with E-state index in [0.29, 0.717) is 19.5 Å². The zero-order chi connectivity index (χ0) is 20.3. The minimum atomic E-state index is -3.59. The summed E-state index contributed by atoms with van der Waals surface area (Å²) in [4.78, 5) is 15.9. The lowest BCUT2D eigenvalue weighted by molar-refractivity contribution is -0.116. The molecule has 0 bridgehead atoms. The van der Waals surface area contributed by atoms with Gasteiger partial charge in [-0.25, -0.2) is 13.1 Å². The van der Waals surface area contributed by atoms with Gasteiger partial charge in [0, 0.05) is 38.3 Å². The molecule has 0 saturated carbocycles. The number of sulfonamides is 1. The van der Waals surface area contributed by atoms with Gasteiger partial charge in [0.05, 0.1) is 4.90 Å². The van der Waals surface area contributed by atoms with Crippen molar-refractivity contribution in [2.75, 3.05) is 25.0 Å². The molecule has 1 amide bonds. The Morgan fingerprint density at radius 1 is 1.21 bits per heavy atom. The maximum Gasteiger partial charge on any atom is 0.240 e. The van der Waals surface area contributed by atoms with Gasteiger partial charge >= 0.3 is 0 Å². The topological polar surface area (TPSA) is 69.7 Å². The number of amides is 1. The highest BCUT2D eigenvalue weighted by Crippen LogP contribution is 2.33. The number of rotatable bonds is 7. The molecule has 1 atom stereocenters. The predicted molar refractivity (Wildman–Crippen MR) is 111 cm³/mol. The van der Waals surface area contributed by atoms with E-state index >= 15 is 0 Å². The molecule has 28 heavy (non-hydrogen) atoms. The molecule has 150 valence electrons. The van der Waals surface area contributed by atoms with Gasteiger partial charge < -0.3 is 9.80 Å². The van der Waals surface area contributed by atoms with Gasteiger partial charge in [0.25, 0.3) is 0 Å². The summed E-state index contributed by atoms with van der Waals surface area (Å²) in [7, 11) is -1.62. The second-order valence-electron chi connectivity index (χ2n) is 7.35. The lowest BCUT2D eigenvalue weighted by Crippen LogP contribution is -2.33. The monoisotopic (exact) mass is 401 g/mol. The molecule has 1 N–H and O–H groups in total. The highest BCUT2D eigenvalue weighted by molar-refractivity contribution is 7.89. The molecule has 7 heteroatoms. The van der Waals surface area contributed by atoms with Crippen LogP contribution in [0.25, 0.3) is 0 Å². The molecule has 1 aliphatic rings. The third-order valence-corrected chi connectivity index (χ3v) is 6.46. The molecule has 0 aromatic heterocycles. The van der Waals surface area contributed by atoms with Crippen molar-refractivity contribution in [2.24, 2.45) is 0 Å². The molecule has 0 spiro atoms. The normalized spacial score (nSPS) is 16.4. The van der Waals surface area contributed by atoms with Crippen LogP contribution in [0.1, 0.15) is 25.0 Å². The van der Waals surface area contributed by atoms with Crippen LogP contribution < -0.4 is 9.62 Å². The van der Waals surface area contributed by atoms with Crippen LogP contribution in [-0.4, -0.2) is 45.4 Å². The van der Waals surface area contributed by atoms with Gasteiger partial charge in [0.1, 0.15) is 0 Å². The summed E-state index contributed by atoms with van der Waals surface area (Å²) in [6.07, 6.45) is 0.665. The summed E-state index contributed by atoms with van der Waals surface area (Å²) in [5, 5.41) is 0. The van der Waals surface area contributed by atoms with Crippen LogP contribution in [0.15, 0.2) is 53.4 Å². The summed E-state index contributed by atoms with van der Waals surface area (Å²) < 4.78 is 28.0. The van der Waals surface area contributed by atoms with Crippen LogP contribution in [0.5, 0.6) is 0 Å². The average molecular weight is 402 g/mol. The van der Waals surface area contributed by atoms with Crippen LogP contribution >= 0.6 is 0 Å². The molecule has 0 saturated heterocycles. The number of hydrogen-bond acceptors (Lipinski definition) is 4. The number of nitrogens with one attached hydrogen (secondary N) is 1. The summed E-state index contributed by atoms with van der Waals surface area (Å²) in [5.41, 5.74) is 2.89. The molecule has 3 rings (SSSR count). The van der Waals surface area contributed by atoms with Crippen LogP contribution in [0, 0.1) is 0 Å². The largest absolute Gasteiger partial charge is 0.309 e. The molecule has 0 aliphatic carbocycles. The Hall–Kier alpha value is -2.22. The van der Waals surface area contributed by atoms with E-state index in [2.05, 4.69) is 21.8 Å². The Morgan fingerprint density at radius 2 is 1.93 bits per heavy atom. The Bertz CT molecular complexity index is 945. The molecule has 0 fully saturated rings.